The first-order chi connectivity index (χ1) is 6.25. The smallest absolute Gasteiger partial charge is 0.124 e. The van der Waals surface area contributed by atoms with Gasteiger partial charge in [-0.1, -0.05) is 23.7 Å². The molecule has 0 saturated heterocycles. The zero-order valence-electron chi connectivity index (χ0n) is 6.50. The average Bonchev–Trinajstić information content (AvgIpc) is 2.52. The molecule has 0 fully saturated rings. The van der Waals surface area contributed by atoms with Crippen molar-refractivity contribution < 1.29 is 0 Å². The third kappa shape index (κ3) is 2.10. The summed E-state index contributed by atoms with van der Waals surface area (Å²) in [7, 11) is 0. The van der Waals surface area contributed by atoms with Crippen molar-refractivity contribution in [3.8, 4) is 10.6 Å². The maximum atomic E-state index is 5.87. The van der Waals surface area contributed by atoms with Gasteiger partial charge >= 0.3 is 0 Å². The summed E-state index contributed by atoms with van der Waals surface area (Å²) in [6.07, 6.45) is 1.79. The van der Waals surface area contributed by atoms with Crippen molar-refractivity contribution in [1.82, 2.24) is 4.98 Å². The fourth-order valence-electron chi connectivity index (χ4n) is 1.01. The molecule has 1 nitrogen and oxygen atoms in total. The highest BCUT2D eigenvalue weighted by molar-refractivity contribution is 9.11. The molecule has 2 rings (SSSR count). The normalized spacial score (nSPS) is 10.3. The van der Waals surface area contributed by atoms with Gasteiger partial charge in [0.05, 0.1) is 9.98 Å². The fraction of sp³-hybridized carbons (Fsp3) is 0. The van der Waals surface area contributed by atoms with Crippen LogP contribution in [0, 0.1) is 0 Å². The minimum atomic E-state index is 0.740. The molecule has 66 valence electrons. The summed E-state index contributed by atoms with van der Waals surface area (Å²) in [6, 6.07) is 7.69. The third-order valence-corrected chi connectivity index (χ3v) is 3.31. The summed E-state index contributed by atoms with van der Waals surface area (Å²) in [5, 5.41) is 1.72. The Hall–Kier alpha value is -0.380. The topological polar surface area (TPSA) is 12.9 Å². The van der Waals surface area contributed by atoms with Crippen molar-refractivity contribution in [3.05, 3.63) is 39.3 Å². The van der Waals surface area contributed by atoms with Crippen LogP contribution in [0.1, 0.15) is 0 Å². The number of halogens is 2. The van der Waals surface area contributed by atoms with Gasteiger partial charge in [-0.2, -0.15) is 0 Å². The fourth-order valence-corrected chi connectivity index (χ4v) is 2.40. The van der Waals surface area contributed by atoms with E-state index in [1.807, 2.05) is 24.3 Å². The van der Waals surface area contributed by atoms with Crippen LogP contribution in [0.25, 0.3) is 10.6 Å². The van der Waals surface area contributed by atoms with E-state index in [0.29, 0.717) is 0 Å². The van der Waals surface area contributed by atoms with Crippen molar-refractivity contribution >= 4 is 38.9 Å². The van der Waals surface area contributed by atoms with Crippen molar-refractivity contribution in [3.63, 3.8) is 0 Å². The molecule has 0 aliphatic rings. The maximum absolute atomic E-state index is 5.87. The molecule has 0 unspecified atom stereocenters. The molecule has 0 aliphatic heterocycles. The van der Waals surface area contributed by atoms with Crippen LogP contribution in [-0.4, -0.2) is 4.98 Å². The summed E-state index contributed by atoms with van der Waals surface area (Å²) < 4.78 is 1.03. The van der Waals surface area contributed by atoms with E-state index in [1.54, 1.807) is 17.5 Å². The van der Waals surface area contributed by atoms with Gasteiger partial charge in [0.1, 0.15) is 5.01 Å². The van der Waals surface area contributed by atoms with Crippen molar-refractivity contribution in [2.75, 3.05) is 0 Å². The zero-order valence-corrected chi connectivity index (χ0v) is 9.66. The number of nitrogens with zero attached hydrogens (tertiary/aromatic N) is 1. The predicted octanol–water partition coefficient (Wildman–Crippen LogP) is 4.23. The molecule has 0 saturated carbocycles. The van der Waals surface area contributed by atoms with Crippen LogP contribution in [0.3, 0.4) is 0 Å². The van der Waals surface area contributed by atoms with E-state index < -0.39 is 0 Å². The lowest BCUT2D eigenvalue weighted by Crippen LogP contribution is -1.73. The second-order valence-corrected chi connectivity index (χ2v) is 5.33. The van der Waals surface area contributed by atoms with E-state index in [9.17, 15) is 0 Å². The van der Waals surface area contributed by atoms with Gasteiger partial charge in [0.15, 0.2) is 0 Å². The molecular weight excluding hydrogens is 270 g/mol. The number of hydrogen-bond acceptors (Lipinski definition) is 2. The molecule has 0 radical (unpaired) electrons. The van der Waals surface area contributed by atoms with Gasteiger partial charge in [0, 0.05) is 10.6 Å². The van der Waals surface area contributed by atoms with E-state index in [-0.39, 0.29) is 0 Å². The molecule has 1 aromatic heterocycles. The van der Waals surface area contributed by atoms with Gasteiger partial charge < -0.3 is 0 Å². The predicted molar refractivity (Wildman–Crippen MR) is 60.3 cm³/mol. The van der Waals surface area contributed by atoms with Gasteiger partial charge in [-0.15, -0.1) is 11.3 Å². The molecule has 0 aliphatic carbocycles. The largest absolute Gasteiger partial charge is 0.243 e. The van der Waals surface area contributed by atoms with Crippen LogP contribution in [0.15, 0.2) is 34.2 Å². The highest BCUT2D eigenvalue weighted by Gasteiger charge is 2.02. The van der Waals surface area contributed by atoms with Crippen LogP contribution >= 0.6 is 38.9 Å². The Bertz CT molecular complexity index is 427. The molecule has 0 atom stereocenters. The first kappa shape index (κ1) is 9.19. The van der Waals surface area contributed by atoms with Crippen LogP contribution in [0.5, 0.6) is 0 Å². The first-order valence-electron chi connectivity index (χ1n) is 3.63. The molecule has 0 amide bonds. The van der Waals surface area contributed by atoms with E-state index in [0.717, 1.165) is 19.4 Å². The molecule has 4 heteroatoms. The summed E-state index contributed by atoms with van der Waals surface area (Å²) in [5.41, 5.74) is 1.06. The number of benzene rings is 1. The standard InChI is InChI=1S/C9H5BrClNS/c10-8-5-12-9(13-8)6-2-1-3-7(11)4-6/h1-5H. The lowest BCUT2D eigenvalue weighted by atomic mass is 10.2. The summed E-state index contributed by atoms with van der Waals surface area (Å²) in [5.74, 6) is 0. The van der Waals surface area contributed by atoms with Gasteiger partial charge in [0.25, 0.3) is 0 Å². The molecule has 2 aromatic rings. The Morgan fingerprint density at radius 3 is 2.85 bits per heavy atom. The van der Waals surface area contributed by atoms with Crippen LogP contribution in [-0.2, 0) is 0 Å². The summed E-state index contributed by atoms with van der Waals surface area (Å²) >= 11 is 10.8. The number of hydrogen-bond donors (Lipinski definition) is 0. The molecule has 0 bridgehead atoms. The molecular formula is C9H5BrClNS. The number of thiazole rings is 1. The van der Waals surface area contributed by atoms with E-state index in [2.05, 4.69) is 20.9 Å². The SMILES string of the molecule is Clc1cccc(-c2ncc(Br)s2)c1. The van der Waals surface area contributed by atoms with Gasteiger partial charge in [0.2, 0.25) is 0 Å². The molecule has 0 N–H and O–H groups in total. The van der Waals surface area contributed by atoms with Gasteiger partial charge in [-0.25, -0.2) is 4.98 Å². The van der Waals surface area contributed by atoms with Crippen LogP contribution in [0.4, 0.5) is 0 Å². The highest BCUT2D eigenvalue weighted by Crippen LogP contribution is 2.29. The zero-order chi connectivity index (χ0) is 9.26. The van der Waals surface area contributed by atoms with Gasteiger partial charge in [-0.3, -0.25) is 0 Å². The van der Waals surface area contributed by atoms with E-state index in [1.165, 1.54) is 0 Å². The lowest BCUT2D eigenvalue weighted by Gasteiger charge is -1.95. The second-order valence-electron chi connectivity index (χ2n) is 2.48. The number of aromatic nitrogens is 1. The van der Waals surface area contributed by atoms with Crippen molar-refractivity contribution in [2.24, 2.45) is 0 Å². The first-order valence-corrected chi connectivity index (χ1v) is 5.62. The molecule has 13 heavy (non-hydrogen) atoms. The lowest BCUT2D eigenvalue weighted by molar-refractivity contribution is 1.41. The van der Waals surface area contributed by atoms with E-state index in [4.69, 9.17) is 11.6 Å². The van der Waals surface area contributed by atoms with Crippen LogP contribution in [0.2, 0.25) is 5.02 Å². The average molecular weight is 275 g/mol. The van der Waals surface area contributed by atoms with Crippen LogP contribution < -0.4 is 0 Å². The Balaban J connectivity index is 2.46. The highest BCUT2D eigenvalue weighted by atomic mass is 79.9. The minimum absolute atomic E-state index is 0.740. The molecule has 0 spiro atoms. The molecule has 1 aromatic carbocycles. The third-order valence-electron chi connectivity index (χ3n) is 1.55. The number of rotatable bonds is 1. The Morgan fingerprint density at radius 1 is 1.38 bits per heavy atom. The van der Waals surface area contributed by atoms with E-state index >= 15 is 0 Å². The van der Waals surface area contributed by atoms with Crippen molar-refractivity contribution in [1.29, 1.82) is 0 Å². The Kier molecular flexibility index (Phi) is 2.67. The second kappa shape index (κ2) is 3.78. The van der Waals surface area contributed by atoms with Gasteiger partial charge in [-0.05, 0) is 28.1 Å². The maximum Gasteiger partial charge on any atom is 0.124 e. The minimum Gasteiger partial charge on any atom is -0.243 e. The Labute approximate surface area is 93.5 Å². The quantitative estimate of drug-likeness (QED) is 0.758. The Morgan fingerprint density at radius 2 is 2.23 bits per heavy atom. The summed E-state index contributed by atoms with van der Waals surface area (Å²) in [4.78, 5) is 4.24. The molecule has 1 heterocycles. The monoisotopic (exact) mass is 273 g/mol. The van der Waals surface area contributed by atoms with Crippen molar-refractivity contribution in [2.45, 2.75) is 0 Å². The summed E-state index contributed by atoms with van der Waals surface area (Å²) in [6.45, 7) is 0.